The summed E-state index contributed by atoms with van der Waals surface area (Å²) in [5.41, 5.74) is 0.269. The Morgan fingerprint density at radius 3 is 2.53 bits per heavy atom. The number of carbonyl (C=O) groups is 3. The molecular weight excluding hydrogens is 320 g/mol. The number of rotatable bonds is 6. The number of hydrogen-bond donors (Lipinski definition) is 3. The molecule has 1 heterocycles. The van der Waals surface area contributed by atoms with Crippen LogP contribution >= 0.6 is 15.9 Å². The van der Waals surface area contributed by atoms with Crippen LogP contribution in [-0.4, -0.2) is 38.7 Å². The van der Waals surface area contributed by atoms with Gasteiger partial charge in [-0.15, -0.1) is 0 Å². The van der Waals surface area contributed by atoms with Gasteiger partial charge in [0.25, 0.3) is 5.91 Å². The molecule has 0 spiro atoms. The van der Waals surface area contributed by atoms with Gasteiger partial charge in [-0.1, -0.05) is 0 Å². The number of aromatic nitrogens is 1. The number of amides is 1. The highest BCUT2D eigenvalue weighted by atomic mass is 79.9. The van der Waals surface area contributed by atoms with E-state index >= 15 is 0 Å². The van der Waals surface area contributed by atoms with E-state index in [1.54, 1.807) is 16.8 Å². The van der Waals surface area contributed by atoms with Crippen molar-refractivity contribution >= 4 is 33.8 Å². The maximum absolute atomic E-state index is 11.9. The van der Waals surface area contributed by atoms with Crippen molar-refractivity contribution in [1.82, 2.24) is 9.88 Å². The molecule has 0 saturated heterocycles. The summed E-state index contributed by atoms with van der Waals surface area (Å²) in [7, 11) is 0. The van der Waals surface area contributed by atoms with E-state index in [1.807, 2.05) is 6.92 Å². The molecule has 0 aliphatic rings. The van der Waals surface area contributed by atoms with Crippen molar-refractivity contribution in [2.24, 2.45) is 0 Å². The third-order valence-corrected chi connectivity index (χ3v) is 2.85. The Morgan fingerprint density at radius 1 is 1.42 bits per heavy atom. The molecule has 0 bridgehead atoms. The summed E-state index contributed by atoms with van der Waals surface area (Å²) in [4.78, 5) is 33.3. The van der Waals surface area contributed by atoms with E-state index in [0.717, 1.165) is 0 Å². The zero-order chi connectivity index (χ0) is 14.6. The second-order valence-electron chi connectivity index (χ2n) is 3.79. The minimum Gasteiger partial charge on any atom is -0.481 e. The van der Waals surface area contributed by atoms with Crippen LogP contribution < -0.4 is 5.32 Å². The van der Waals surface area contributed by atoms with Gasteiger partial charge in [-0.3, -0.25) is 9.59 Å². The first-order valence-electron chi connectivity index (χ1n) is 5.46. The number of aryl methyl sites for hydroxylation is 1. The van der Waals surface area contributed by atoms with Crippen molar-refractivity contribution in [2.75, 3.05) is 0 Å². The van der Waals surface area contributed by atoms with Gasteiger partial charge in [0.2, 0.25) is 0 Å². The predicted molar refractivity (Wildman–Crippen MR) is 68.9 cm³/mol. The van der Waals surface area contributed by atoms with Gasteiger partial charge in [-0.05, 0) is 28.9 Å². The molecule has 1 rings (SSSR count). The van der Waals surface area contributed by atoms with Crippen molar-refractivity contribution < 1.29 is 24.6 Å². The first-order valence-corrected chi connectivity index (χ1v) is 6.25. The zero-order valence-corrected chi connectivity index (χ0v) is 11.7. The number of carboxylic acids is 2. The van der Waals surface area contributed by atoms with Crippen LogP contribution in [0.3, 0.4) is 0 Å². The first kappa shape index (κ1) is 15.2. The molecule has 1 amide bonds. The third kappa shape index (κ3) is 4.09. The van der Waals surface area contributed by atoms with Gasteiger partial charge in [-0.25, -0.2) is 4.79 Å². The van der Waals surface area contributed by atoms with Gasteiger partial charge in [0.05, 0.1) is 6.42 Å². The summed E-state index contributed by atoms with van der Waals surface area (Å²) < 4.78 is 2.31. The summed E-state index contributed by atoms with van der Waals surface area (Å²) in [6, 6.07) is 0.0855. The van der Waals surface area contributed by atoms with E-state index in [-0.39, 0.29) is 5.69 Å². The van der Waals surface area contributed by atoms with E-state index in [9.17, 15) is 14.4 Å². The number of aliphatic carboxylic acids is 2. The molecule has 0 radical (unpaired) electrons. The molecule has 19 heavy (non-hydrogen) atoms. The van der Waals surface area contributed by atoms with Crippen LogP contribution in [0.2, 0.25) is 0 Å². The van der Waals surface area contributed by atoms with Gasteiger partial charge < -0.3 is 20.1 Å². The van der Waals surface area contributed by atoms with Crippen LogP contribution in [0.5, 0.6) is 0 Å². The highest BCUT2D eigenvalue weighted by Crippen LogP contribution is 2.15. The highest BCUT2D eigenvalue weighted by Gasteiger charge is 2.24. The van der Waals surface area contributed by atoms with Crippen LogP contribution in [0.4, 0.5) is 0 Å². The van der Waals surface area contributed by atoms with Crippen molar-refractivity contribution in [3.63, 3.8) is 0 Å². The lowest BCUT2D eigenvalue weighted by atomic mass is 10.2. The maximum atomic E-state index is 11.9. The van der Waals surface area contributed by atoms with Gasteiger partial charge >= 0.3 is 11.9 Å². The van der Waals surface area contributed by atoms with Gasteiger partial charge in [-0.2, -0.15) is 0 Å². The summed E-state index contributed by atoms with van der Waals surface area (Å²) in [5.74, 6) is -3.30. The molecule has 104 valence electrons. The Balaban J connectivity index is 2.87. The highest BCUT2D eigenvalue weighted by molar-refractivity contribution is 9.10. The SMILES string of the molecule is CCn1cc(Br)cc1C(=O)NC(CC(=O)O)C(=O)O. The Morgan fingerprint density at radius 2 is 2.05 bits per heavy atom. The normalized spacial score (nSPS) is 11.9. The predicted octanol–water partition coefficient (Wildman–Crippen LogP) is 0.928. The van der Waals surface area contributed by atoms with Crippen molar-refractivity contribution in [1.29, 1.82) is 0 Å². The number of halogens is 1. The average Bonchev–Trinajstić information content (AvgIpc) is 2.68. The Hall–Kier alpha value is -1.83. The monoisotopic (exact) mass is 332 g/mol. The summed E-state index contributed by atoms with van der Waals surface area (Å²) in [6.07, 6.45) is 1.01. The van der Waals surface area contributed by atoms with Crippen LogP contribution in [0.1, 0.15) is 23.8 Å². The molecule has 1 aromatic rings. The average molecular weight is 333 g/mol. The summed E-state index contributed by atoms with van der Waals surface area (Å²) in [6.45, 7) is 2.36. The second kappa shape index (κ2) is 6.37. The fraction of sp³-hybridized carbons (Fsp3) is 0.364. The molecule has 0 saturated carbocycles. The van der Waals surface area contributed by atoms with E-state index < -0.39 is 30.3 Å². The van der Waals surface area contributed by atoms with E-state index in [4.69, 9.17) is 10.2 Å². The second-order valence-corrected chi connectivity index (χ2v) is 4.71. The standard InChI is InChI=1S/C11H13BrN2O5/c1-2-14-5-6(12)3-8(14)10(17)13-7(11(18)19)4-9(15)16/h3,5,7H,2,4H2,1H3,(H,13,17)(H,15,16)(H,18,19). The van der Waals surface area contributed by atoms with Crippen molar-refractivity contribution in [3.05, 3.63) is 22.4 Å². The Kier molecular flexibility index (Phi) is 5.11. The lowest BCUT2D eigenvalue weighted by Crippen LogP contribution is -2.42. The number of nitrogens with zero attached hydrogens (tertiary/aromatic N) is 1. The van der Waals surface area contributed by atoms with Crippen molar-refractivity contribution in [3.8, 4) is 0 Å². The molecule has 0 aliphatic carbocycles. The molecule has 7 nitrogen and oxygen atoms in total. The Labute approximate surface area is 117 Å². The fourth-order valence-electron chi connectivity index (χ4n) is 1.53. The molecule has 8 heteroatoms. The molecule has 1 unspecified atom stereocenters. The molecule has 1 aromatic heterocycles. The minimum absolute atomic E-state index is 0.269. The van der Waals surface area contributed by atoms with Gasteiger partial charge in [0.1, 0.15) is 11.7 Å². The van der Waals surface area contributed by atoms with Crippen LogP contribution in [-0.2, 0) is 16.1 Å². The van der Waals surface area contributed by atoms with E-state index in [2.05, 4.69) is 21.2 Å². The van der Waals surface area contributed by atoms with Crippen LogP contribution in [0.15, 0.2) is 16.7 Å². The number of hydrogen-bond acceptors (Lipinski definition) is 3. The number of nitrogens with one attached hydrogen (secondary N) is 1. The summed E-state index contributed by atoms with van der Waals surface area (Å²) >= 11 is 3.22. The quantitative estimate of drug-likeness (QED) is 0.718. The fourth-order valence-corrected chi connectivity index (χ4v) is 2.00. The molecule has 0 aromatic carbocycles. The van der Waals surface area contributed by atoms with Gasteiger partial charge in [0.15, 0.2) is 0 Å². The molecule has 0 aliphatic heterocycles. The lowest BCUT2D eigenvalue weighted by Gasteiger charge is -2.13. The van der Waals surface area contributed by atoms with Gasteiger partial charge in [0, 0.05) is 17.2 Å². The third-order valence-electron chi connectivity index (χ3n) is 2.42. The van der Waals surface area contributed by atoms with Crippen molar-refractivity contribution in [2.45, 2.75) is 25.9 Å². The molecular formula is C11H13BrN2O5. The topological polar surface area (TPSA) is 109 Å². The van der Waals surface area contributed by atoms with Crippen LogP contribution in [0, 0.1) is 0 Å². The lowest BCUT2D eigenvalue weighted by molar-refractivity contribution is -0.145. The molecule has 3 N–H and O–H groups in total. The smallest absolute Gasteiger partial charge is 0.326 e. The maximum Gasteiger partial charge on any atom is 0.326 e. The zero-order valence-electron chi connectivity index (χ0n) is 10.1. The van der Waals surface area contributed by atoms with E-state index in [1.165, 1.54) is 0 Å². The minimum atomic E-state index is -1.45. The molecule has 1 atom stereocenters. The van der Waals surface area contributed by atoms with E-state index in [0.29, 0.717) is 11.0 Å². The largest absolute Gasteiger partial charge is 0.481 e. The first-order chi connectivity index (χ1) is 8.85. The number of carboxylic acid groups (broad SMARTS) is 2. The molecule has 0 fully saturated rings. The Bertz CT molecular complexity index is 511. The summed E-state index contributed by atoms with van der Waals surface area (Å²) in [5, 5.41) is 19.6. The van der Waals surface area contributed by atoms with Crippen LogP contribution in [0.25, 0.3) is 0 Å². The number of carbonyl (C=O) groups excluding carboxylic acids is 1.